The van der Waals surface area contributed by atoms with Gasteiger partial charge in [-0.1, -0.05) is 30.3 Å². The summed E-state index contributed by atoms with van der Waals surface area (Å²) in [7, 11) is 0. The fourth-order valence-corrected chi connectivity index (χ4v) is 2.90. The second kappa shape index (κ2) is 4.73. The zero-order chi connectivity index (χ0) is 12.5. The molecule has 2 unspecified atom stereocenters. The Kier molecular flexibility index (Phi) is 3.08. The Labute approximate surface area is 108 Å². The van der Waals surface area contributed by atoms with E-state index < -0.39 is 0 Å². The van der Waals surface area contributed by atoms with Crippen LogP contribution >= 0.6 is 0 Å². The van der Waals surface area contributed by atoms with Crippen molar-refractivity contribution in [1.82, 2.24) is 10.2 Å². The van der Waals surface area contributed by atoms with Crippen LogP contribution in [0.3, 0.4) is 0 Å². The molecule has 0 spiro atoms. The van der Waals surface area contributed by atoms with Gasteiger partial charge >= 0.3 is 0 Å². The van der Waals surface area contributed by atoms with E-state index in [0.717, 1.165) is 26.1 Å². The first-order valence-corrected chi connectivity index (χ1v) is 6.83. The highest BCUT2D eigenvalue weighted by molar-refractivity contribution is 5.83. The SMILES string of the molecule is C[C@H]1CN(C(=O)C2CC2c2ccccc2)CCN1. The van der Waals surface area contributed by atoms with Crippen molar-refractivity contribution < 1.29 is 4.79 Å². The van der Waals surface area contributed by atoms with Gasteiger partial charge in [0.15, 0.2) is 0 Å². The molecule has 3 rings (SSSR count). The molecule has 96 valence electrons. The molecule has 2 fully saturated rings. The Hall–Kier alpha value is -1.35. The Morgan fingerprint density at radius 2 is 2.11 bits per heavy atom. The summed E-state index contributed by atoms with van der Waals surface area (Å²) in [5.41, 5.74) is 1.32. The lowest BCUT2D eigenvalue weighted by molar-refractivity contribution is -0.133. The van der Waals surface area contributed by atoms with Gasteiger partial charge in [0.2, 0.25) is 5.91 Å². The van der Waals surface area contributed by atoms with Gasteiger partial charge < -0.3 is 10.2 Å². The molecule has 3 nitrogen and oxygen atoms in total. The molecular weight excluding hydrogens is 224 g/mol. The summed E-state index contributed by atoms with van der Waals surface area (Å²) >= 11 is 0. The van der Waals surface area contributed by atoms with Crippen molar-refractivity contribution >= 4 is 5.91 Å². The van der Waals surface area contributed by atoms with Crippen molar-refractivity contribution in [2.45, 2.75) is 25.3 Å². The van der Waals surface area contributed by atoms with Gasteiger partial charge in [0.1, 0.15) is 0 Å². The Bertz CT molecular complexity index is 431. The van der Waals surface area contributed by atoms with Crippen LogP contribution in [0.15, 0.2) is 30.3 Å². The summed E-state index contributed by atoms with van der Waals surface area (Å²) in [5, 5.41) is 3.38. The van der Waals surface area contributed by atoms with Gasteiger partial charge in [-0.15, -0.1) is 0 Å². The molecular formula is C15H20N2O. The largest absolute Gasteiger partial charge is 0.340 e. The Morgan fingerprint density at radius 3 is 2.83 bits per heavy atom. The monoisotopic (exact) mass is 244 g/mol. The maximum atomic E-state index is 12.4. The number of rotatable bonds is 2. The lowest BCUT2D eigenvalue weighted by Crippen LogP contribution is -2.51. The van der Waals surface area contributed by atoms with Crippen LogP contribution in [-0.2, 0) is 4.79 Å². The molecule has 3 atom stereocenters. The number of piperazine rings is 1. The number of carbonyl (C=O) groups is 1. The number of nitrogens with one attached hydrogen (secondary N) is 1. The standard InChI is InChI=1S/C15H20N2O/c1-11-10-17(8-7-16-11)15(18)14-9-13(14)12-5-3-2-4-6-12/h2-6,11,13-14,16H,7-10H2,1H3/t11-,13?,14?/m0/s1. The fraction of sp³-hybridized carbons (Fsp3) is 0.533. The second-order valence-electron chi connectivity index (χ2n) is 5.50. The van der Waals surface area contributed by atoms with Gasteiger partial charge in [0.25, 0.3) is 0 Å². The van der Waals surface area contributed by atoms with Gasteiger partial charge in [-0.25, -0.2) is 0 Å². The molecule has 1 N–H and O–H groups in total. The molecule has 3 heteroatoms. The van der Waals surface area contributed by atoms with Crippen LogP contribution in [-0.4, -0.2) is 36.5 Å². The minimum Gasteiger partial charge on any atom is -0.340 e. The predicted molar refractivity (Wildman–Crippen MR) is 71.3 cm³/mol. The van der Waals surface area contributed by atoms with Crippen LogP contribution in [0.25, 0.3) is 0 Å². The predicted octanol–water partition coefficient (Wildman–Crippen LogP) is 1.61. The summed E-state index contributed by atoms with van der Waals surface area (Å²) in [5.74, 6) is 1.05. The number of hydrogen-bond acceptors (Lipinski definition) is 2. The molecule has 0 bridgehead atoms. The van der Waals surface area contributed by atoms with E-state index in [2.05, 4.69) is 36.5 Å². The highest BCUT2D eigenvalue weighted by atomic mass is 16.2. The molecule has 1 aliphatic carbocycles. The number of carbonyl (C=O) groups excluding carboxylic acids is 1. The minimum atomic E-state index is 0.234. The summed E-state index contributed by atoms with van der Waals surface area (Å²) in [6.45, 7) is 4.79. The van der Waals surface area contributed by atoms with Gasteiger partial charge in [-0.05, 0) is 24.8 Å². The molecule has 1 amide bonds. The lowest BCUT2D eigenvalue weighted by atomic mass is 10.1. The topological polar surface area (TPSA) is 32.3 Å². The van der Waals surface area contributed by atoms with Gasteiger partial charge in [-0.3, -0.25) is 4.79 Å². The number of nitrogens with zero attached hydrogens (tertiary/aromatic N) is 1. The van der Waals surface area contributed by atoms with Crippen LogP contribution in [0.2, 0.25) is 0 Å². The van der Waals surface area contributed by atoms with Crippen LogP contribution in [0.4, 0.5) is 0 Å². The average molecular weight is 244 g/mol. The van der Waals surface area contributed by atoms with Crippen LogP contribution in [0.1, 0.15) is 24.8 Å². The third kappa shape index (κ3) is 2.27. The van der Waals surface area contributed by atoms with Gasteiger partial charge in [-0.2, -0.15) is 0 Å². The third-order valence-corrected chi connectivity index (χ3v) is 4.02. The van der Waals surface area contributed by atoms with Crippen molar-refractivity contribution in [3.05, 3.63) is 35.9 Å². The highest BCUT2D eigenvalue weighted by Crippen LogP contribution is 2.48. The van der Waals surface area contributed by atoms with Gasteiger partial charge in [0.05, 0.1) is 0 Å². The molecule has 1 saturated heterocycles. The van der Waals surface area contributed by atoms with Crippen molar-refractivity contribution in [1.29, 1.82) is 0 Å². The Morgan fingerprint density at radius 1 is 1.33 bits per heavy atom. The van der Waals surface area contributed by atoms with Crippen LogP contribution in [0.5, 0.6) is 0 Å². The smallest absolute Gasteiger partial charge is 0.226 e. The molecule has 1 aliphatic heterocycles. The summed E-state index contributed by atoms with van der Waals surface area (Å²) < 4.78 is 0. The van der Waals surface area contributed by atoms with Crippen LogP contribution in [0, 0.1) is 5.92 Å². The molecule has 1 heterocycles. The maximum Gasteiger partial charge on any atom is 0.226 e. The molecule has 0 aromatic heterocycles. The summed E-state index contributed by atoms with van der Waals surface area (Å²) in [4.78, 5) is 14.4. The van der Waals surface area contributed by atoms with E-state index in [0.29, 0.717) is 17.9 Å². The van der Waals surface area contributed by atoms with Crippen molar-refractivity contribution in [2.24, 2.45) is 5.92 Å². The third-order valence-electron chi connectivity index (χ3n) is 4.02. The zero-order valence-corrected chi connectivity index (χ0v) is 10.8. The minimum absolute atomic E-state index is 0.234. The van der Waals surface area contributed by atoms with E-state index in [9.17, 15) is 4.79 Å². The molecule has 1 aromatic rings. The normalized spacial score (nSPS) is 31.2. The zero-order valence-electron chi connectivity index (χ0n) is 10.8. The maximum absolute atomic E-state index is 12.4. The van der Waals surface area contributed by atoms with Gasteiger partial charge in [0, 0.05) is 31.6 Å². The summed E-state index contributed by atoms with van der Waals surface area (Å²) in [6, 6.07) is 10.8. The summed E-state index contributed by atoms with van der Waals surface area (Å²) in [6.07, 6.45) is 1.03. The van der Waals surface area contributed by atoms with Crippen molar-refractivity contribution in [3.8, 4) is 0 Å². The van der Waals surface area contributed by atoms with Crippen LogP contribution < -0.4 is 5.32 Å². The van der Waals surface area contributed by atoms with E-state index in [1.54, 1.807) is 0 Å². The number of hydrogen-bond donors (Lipinski definition) is 1. The van der Waals surface area contributed by atoms with E-state index in [1.165, 1.54) is 5.56 Å². The second-order valence-corrected chi connectivity index (χ2v) is 5.50. The fourth-order valence-electron chi connectivity index (χ4n) is 2.90. The molecule has 1 saturated carbocycles. The molecule has 1 aromatic carbocycles. The van der Waals surface area contributed by atoms with Crippen molar-refractivity contribution in [2.75, 3.05) is 19.6 Å². The first-order chi connectivity index (χ1) is 8.75. The first kappa shape index (κ1) is 11.7. The quantitative estimate of drug-likeness (QED) is 0.857. The van der Waals surface area contributed by atoms with Crippen molar-refractivity contribution in [3.63, 3.8) is 0 Å². The molecule has 18 heavy (non-hydrogen) atoms. The Balaban J connectivity index is 1.62. The number of amides is 1. The van der Waals surface area contributed by atoms with E-state index in [4.69, 9.17) is 0 Å². The first-order valence-electron chi connectivity index (χ1n) is 6.83. The molecule has 2 aliphatic rings. The highest BCUT2D eigenvalue weighted by Gasteiger charge is 2.45. The lowest BCUT2D eigenvalue weighted by Gasteiger charge is -2.32. The molecule has 0 radical (unpaired) electrons. The average Bonchev–Trinajstić information content (AvgIpc) is 3.19. The number of benzene rings is 1. The van der Waals surface area contributed by atoms with E-state index in [1.807, 2.05) is 11.0 Å². The van der Waals surface area contributed by atoms with E-state index >= 15 is 0 Å². The van der Waals surface area contributed by atoms with E-state index in [-0.39, 0.29) is 5.92 Å².